The number of rotatable bonds is 6. The third kappa shape index (κ3) is 5.89. The van der Waals surface area contributed by atoms with Crippen molar-refractivity contribution >= 4 is 49.5 Å². The Labute approximate surface area is 193 Å². The Morgan fingerprint density at radius 2 is 1.59 bits per heavy atom. The number of amides is 1. The van der Waals surface area contributed by atoms with Gasteiger partial charge in [-0.1, -0.05) is 15.9 Å². The number of benzene rings is 2. The third-order valence-corrected chi connectivity index (χ3v) is 5.91. The van der Waals surface area contributed by atoms with Gasteiger partial charge in [-0.2, -0.15) is 0 Å². The van der Waals surface area contributed by atoms with Crippen LogP contribution in [0.1, 0.15) is 28.7 Å². The van der Waals surface area contributed by atoms with E-state index in [9.17, 15) is 18.0 Å². The molecular weight excluding hydrogens is 500 g/mol. The number of esters is 1. The Morgan fingerprint density at radius 1 is 0.969 bits per heavy atom. The second-order valence-electron chi connectivity index (χ2n) is 6.79. The molecule has 0 atom stereocenters. The van der Waals surface area contributed by atoms with Gasteiger partial charge in [0.25, 0.3) is 15.9 Å². The topological polar surface area (TPSA) is 127 Å². The Balaban J connectivity index is 1.78. The zero-order chi connectivity index (χ0) is 23.5. The Bertz CT molecular complexity index is 1270. The van der Waals surface area contributed by atoms with E-state index in [2.05, 4.69) is 35.9 Å². The number of halogens is 1. The van der Waals surface area contributed by atoms with Crippen molar-refractivity contribution in [3.8, 4) is 5.75 Å². The number of nitrogens with one attached hydrogen (secondary N) is 2. The van der Waals surface area contributed by atoms with E-state index in [1.54, 1.807) is 26.0 Å². The standard InChI is InChI=1S/C21H19BrN4O5S/c1-12-10-13(2)24-21(23-12)26-32(29,30)17-7-5-16(6-8-17)25-20(28)18-11-15(22)4-9-19(18)31-14(3)27/h4-11H,1-3H3,(H,25,28)(H,23,24,26). The van der Waals surface area contributed by atoms with Gasteiger partial charge in [0.05, 0.1) is 10.5 Å². The van der Waals surface area contributed by atoms with Gasteiger partial charge < -0.3 is 10.1 Å². The van der Waals surface area contributed by atoms with Crippen molar-refractivity contribution in [2.24, 2.45) is 0 Å². The fourth-order valence-corrected chi connectivity index (χ4v) is 4.10. The minimum Gasteiger partial charge on any atom is -0.426 e. The highest BCUT2D eigenvalue weighted by Crippen LogP contribution is 2.25. The molecule has 32 heavy (non-hydrogen) atoms. The normalized spacial score (nSPS) is 11.0. The van der Waals surface area contributed by atoms with Crippen LogP contribution in [0.4, 0.5) is 11.6 Å². The van der Waals surface area contributed by atoms with Crippen LogP contribution in [0.5, 0.6) is 5.75 Å². The summed E-state index contributed by atoms with van der Waals surface area (Å²) in [5, 5.41) is 2.65. The third-order valence-electron chi connectivity index (χ3n) is 4.07. The van der Waals surface area contributed by atoms with E-state index in [0.29, 0.717) is 21.5 Å². The fourth-order valence-electron chi connectivity index (χ4n) is 2.79. The highest BCUT2D eigenvalue weighted by Gasteiger charge is 2.18. The van der Waals surface area contributed by atoms with Crippen molar-refractivity contribution < 1.29 is 22.7 Å². The first kappa shape index (κ1) is 23.4. The molecule has 11 heteroatoms. The number of aryl methyl sites for hydroxylation is 2. The molecule has 0 aliphatic heterocycles. The van der Waals surface area contributed by atoms with E-state index in [-0.39, 0.29) is 22.2 Å². The van der Waals surface area contributed by atoms with Crippen LogP contribution in [-0.2, 0) is 14.8 Å². The number of ether oxygens (including phenoxy) is 1. The van der Waals surface area contributed by atoms with Gasteiger partial charge in [0.2, 0.25) is 5.95 Å². The van der Waals surface area contributed by atoms with Gasteiger partial charge in [0.1, 0.15) is 5.75 Å². The highest BCUT2D eigenvalue weighted by atomic mass is 79.9. The monoisotopic (exact) mass is 518 g/mol. The number of sulfonamides is 1. The maximum Gasteiger partial charge on any atom is 0.308 e. The predicted octanol–water partition coefficient (Wildman–Crippen LogP) is 3.83. The summed E-state index contributed by atoms with van der Waals surface area (Å²) in [6, 6.07) is 11.9. The smallest absolute Gasteiger partial charge is 0.308 e. The Hall–Kier alpha value is -3.31. The summed E-state index contributed by atoms with van der Waals surface area (Å²) < 4.78 is 33.3. The second kappa shape index (κ2) is 9.45. The number of aromatic nitrogens is 2. The number of hydrogen-bond acceptors (Lipinski definition) is 7. The molecule has 0 aliphatic rings. The molecule has 0 aliphatic carbocycles. The van der Waals surface area contributed by atoms with Crippen LogP contribution in [0, 0.1) is 13.8 Å². The van der Waals surface area contributed by atoms with Crippen molar-refractivity contribution in [3.05, 3.63) is 70.0 Å². The van der Waals surface area contributed by atoms with Crippen molar-refractivity contribution in [1.82, 2.24) is 9.97 Å². The molecule has 0 fully saturated rings. The molecule has 0 radical (unpaired) electrons. The van der Waals surface area contributed by atoms with Crippen molar-refractivity contribution in [3.63, 3.8) is 0 Å². The summed E-state index contributed by atoms with van der Waals surface area (Å²) in [7, 11) is -3.92. The van der Waals surface area contributed by atoms with E-state index in [1.807, 2.05) is 0 Å². The average Bonchev–Trinajstić information content (AvgIpc) is 2.68. The molecule has 3 aromatic rings. The SMILES string of the molecule is CC(=O)Oc1ccc(Br)cc1C(=O)Nc1ccc(S(=O)(=O)Nc2nc(C)cc(C)n2)cc1. The molecular formula is C21H19BrN4O5S. The van der Waals surface area contributed by atoms with E-state index in [1.165, 1.54) is 43.3 Å². The molecule has 166 valence electrons. The lowest BCUT2D eigenvalue weighted by molar-refractivity contribution is -0.131. The lowest BCUT2D eigenvalue weighted by Gasteiger charge is -2.11. The summed E-state index contributed by atoms with van der Waals surface area (Å²) in [6.45, 7) is 4.71. The first-order valence-corrected chi connectivity index (χ1v) is 11.6. The van der Waals surface area contributed by atoms with Crippen LogP contribution < -0.4 is 14.8 Å². The number of hydrogen-bond donors (Lipinski definition) is 2. The summed E-state index contributed by atoms with van der Waals surface area (Å²) in [4.78, 5) is 32.1. The van der Waals surface area contributed by atoms with Gasteiger partial charge in [0.15, 0.2) is 0 Å². The van der Waals surface area contributed by atoms with Crippen LogP contribution in [0.15, 0.2) is 57.9 Å². The van der Waals surface area contributed by atoms with Crippen molar-refractivity contribution in [1.29, 1.82) is 0 Å². The Kier molecular flexibility index (Phi) is 6.90. The van der Waals surface area contributed by atoms with Gasteiger partial charge in [-0.05, 0) is 62.4 Å². The zero-order valence-electron chi connectivity index (χ0n) is 17.3. The summed E-state index contributed by atoms with van der Waals surface area (Å²) in [6.07, 6.45) is 0. The van der Waals surface area contributed by atoms with Crippen LogP contribution in [0.2, 0.25) is 0 Å². The lowest BCUT2D eigenvalue weighted by atomic mass is 10.2. The van der Waals surface area contributed by atoms with E-state index < -0.39 is 21.9 Å². The molecule has 0 bridgehead atoms. The molecule has 0 unspecified atom stereocenters. The maximum atomic E-state index is 12.7. The molecule has 1 amide bonds. The fraction of sp³-hybridized carbons (Fsp3) is 0.143. The van der Waals surface area contributed by atoms with E-state index in [4.69, 9.17) is 4.74 Å². The zero-order valence-corrected chi connectivity index (χ0v) is 19.7. The maximum absolute atomic E-state index is 12.7. The lowest BCUT2D eigenvalue weighted by Crippen LogP contribution is -2.17. The number of anilines is 2. The summed E-state index contributed by atoms with van der Waals surface area (Å²) in [5.74, 6) is -1.00. The van der Waals surface area contributed by atoms with Crippen molar-refractivity contribution in [2.45, 2.75) is 25.7 Å². The van der Waals surface area contributed by atoms with Gasteiger partial charge >= 0.3 is 5.97 Å². The number of carbonyl (C=O) groups excluding carboxylic acids is 2. The van der Waals surface area contributed by atoms with Crippen molar-refractivity contribution in [2.75, 3.05) is 10.0 Å². The molecule has 0 saturated carbocycles. The average molecular weight is 519 g/mol. The van der Waals surface area contributed by atoms with Crippen LogP contribution in [-0.4, -0.2) is 30.3 Å². The molecule has 1 heterocycles. The first-order chi connectivity index (χ1) is 15.0. The van der Waals surface area contributed by atoms with Gasteiger partial charge in [0, 0.05) is 28.5 Å². The second-order valence-corrected chi connectivity index (χ2v) is 9.39. The predicted molar refractivity (Wildman–Crippen MR) is 122 cm³/mol. The molecule has 1 aromatic heterocycles. The van der Waals surface area contributed by atoms with Crippen LogP contribution >= 0.6 is 15.9 Å². The highest BCUT2D eigenvalue weighted by molar-refractivity contribution is 9.10. The minimum absolute atomic E-state index is 0.0208. The molecule has 9 nitrogen and oxygen atoms in total. The van der Waals surface area contributed by atoms with Crippen LogP contribution in [0.3, 0.4) is 0 Å². The summed E-state index contributed by atoms with van der Waals surface area (Å²) in [5.41, 5.74) is 1.76. The van der Waals surface area contributed by atoms with Gasteiger partial charge in [-0.25, -0.2) is 23.1 Å². The summed E-state index contributed by atoms with van der Waals surface area (Å²) >= 11 is 3.28. The molecule has 2 aromatic carbocycles. The first-order valence-electron chi connectivity index (χ1n) is 9.28. The van der Waals surface area contributed by atoms with E-state index >= 15 is 0 Å². The van der Waals surface area contributed by atoms with Crippen LogP contribution in [0.25, 0.3) is 0 Å². The molecule has 2 N–H and O–H groups in total. The van der Waals surface area contributed by atoms with Gasteiger partial charge in [-0.3, -0.25) is 9.59 Å². The minimum atomic E-state index is -3.92. The Morgan fingerprint density at radius 3 is 2.19 bits per heavy atom. The quantitative estimate of drug-likeness (QED) is 0.374. The molecule has 0 spiro atoms. The molecule has 3 rings (SSSR count). The number of carbonyl (C=O) groups is 2. The van der Waals surface area contributed by atoms with Gasteiger partial charge in [-0.15, -0.1) is 0 Å². The van der Waals surface area contributed by atoms with E-state index in [0.717, 1.165) is 0 Å². The number of nitrogens with zero attached hydrogens (tertiary/aromatic N) is 2. The molecule has 0 saturated heterocycles. The largest absolute Gasteiger partial charge is 0.426 e.